The normalized spacial score (nSPS) is 18.9. The molecule has 1 aliphatic rings. The number of hydrogen-bond donors (Lipinski definition) is 1. The minimum absolute atomic E-state index is 0.0264. The summed E-state index contributed by atoms with van der Waals surface area (Å²) in [6, 6.07) is 15.8. The number of ether oxygens (including phenoxy) is 1. The van der Waals surface area contributed by atoms with E-state index >= 15 is 0 Å². The van der Waals surface area contributed by atoms with Crippen LogP contribution in [0, 0.1) is 6.92 Å². The third-order valence-electron chi connectivity index (χ3n) is 4.73. The summed E-state index contributed by atoms with van der Waals surface area (Å²) in [5.41, 5.74) is 2.44. The van der Waals surface area contributed by atoms with Gasteiger partial charge in [0.1, 0.15) is 5.76 Å². The van der Waals surface area contributed by atoms with Crippen LogP contribution in [-0.2, 0) is 14.3 Å². The third-order valence-corrected chi connectivity index (χ3v) is 4.73. The lowest BCUT2D eigenvalue weighted by Crippen LogP contribution is -2.33. The summed E-state index contributed by atoms with van der Waals surface area (Å²) in [6.45, 7) is 6.38. The molecule has 0 spiro atoms. The summed E-state index contributed by atoms with van der Waals surface area (Å²) < 4.78 is 5.59. The number of benzene rings is 2. The molecule has 5 nitrogen and oxygen atoms in total. The highest BCUT2D eigenvalue weighted by atomic mass is 16.5. The fourth-order valence-electron chi connectivity index (χ4n) is 3.44. The summed E-state index contributed by atoms with van der Waals surface area (Å²) in [7, 11) is 0. The first-order chi connectivity index (χ1) is 13.4. The van der Waals surface area contributed by atoms with E-state index in [1.807, 2.05) is 51.1 Å². The second-order valence-corrected chi connectivity index (χ2v) is 7.19. The van der Waals surface area contributed by atoms with Gasteiger partial charge in [0.25, 0.3) is 11.7 Å². The third kappa shape index (κ3) is 3.99. The van der Waals surface area contributed by atoms with Crippen molar-refractivity contribution in [3.8, 4) is 0 Å². The molecule has 2 aromatic carbocycles. The Bertz CT molecular complexity index is 902. The second-order valence-electron chi connectivity index (χ2n) is 7.19. The zero-order valence-electron chi connectivity index (χ0n) is 16.4. The van der Waals surface area contributed by atoms with E-state index in [1.54, 1.807) is 24.3 Å². The minimum Gasteiger partial charge on any atom is -0.507 e. The molecule has 28 heavy (non-hydrogen) atoms. The Hall–Kier alpha value is -2.92. The molecule has 1 heterocycles. The average molecular weight is 379 g/mol. The molecule has 5 heteroatoms. The Kier molecular flexibility index (Phi) is 5.95. The summed E-state index contributed by atoms with van der Waals surface area (Å²) in [4.78, 5) is 27.1. The lowest BCUT2D eigenvalue weighted by Gasteiger charge is -2.26. The van der Waals surface area contributed by atoms with Crippen LogP contribution >= 0.6 is 0 Å². The zero-order chi connectivity index (χ0) is 20.3. The van der Waals surface area contributed by atoms with Gasteiger partial charge >= 0.3 is 0 Å². The van der Waals surface area contributed by atoms with Crippen LogP contribution in [0.1, 0.15) is 36.6 Å². The van der Waals surface area contributed by atoms with E-state index in [0.717, 1.165) is 11.1 Å². The van der Waals surface area contributed by atoms with Crippen molar-refractivity contribution in [1.82, 2.24) is 4.90 Å². The van der Waals surface area contributed by atoms with Crippen molar-refractivity contribution >= 4 is 17.4 Å². The monoisotopic (exact) mass is 379 g/mol. The first-order valence-corrected chi connectivity index (χ1v) is 9.42. The molecule has 0 radical (unpaired) electrons. The van der Waals surface area contributed by atoms with Crippen LogP contribution < -0.4 is 0 Å². The van der Waals surface area contributed by atoms with Gasteiger partial charge in [0.15, 0.2) is 0 Å². The summed E-state index contributed by atoms with van der Waals surface area (Å²) in [5, 5.41) is 10.9. The number of Topliss-reactive ketones (excluding diaryl/α,β-unsaturated/α-hetero) is 1. The van der Waals surface area contributed by atoms with E-state index < -0.39 is 17.7 Å². The van der Waals surface area contributed by atoms with Gasteiger partial charge in [0.05, 0.1) is 24.3 Å². The van der Waals surface area contributed by atoms with Crippen LogP contribution in [0.25, 0.3) is 5.76 Å². The van der Waals surface area contributed by atoms with Gasteiger partial charge in [-0.25, -0.2) is 0 Å². The van der Waals surface area contributed by atoms with Gasteiger partial charge in [-0.2, -0.15) is 0 Å². The van der Waals surface area contributed by atoms with E-state index in [-0.39, 0.29) is 24.0 Å². The van der Waals surface area contributed by atoms with Gasteiger partial charge in [-0.1, -0.05) is 60.2 Å². The van der Waals surface area contributed by atoms with E-state index in [4.69, 9.17) is 4.74 Å². The highest BCUT2D eigenvalue weighted by Gasteiger charge is 2.45. The number of aliphatic hydroxyl groups is 1. The predicted octanol–water partition coefficient (Wildman–Crippen LogP) is 3.84. The number of hydrogen-bond acceptors (Lipinski definition) is 4. The molecule has 146 valence electrons. The fraction of sp³-hybridized carbons (Fsp3) is 0.304. The quantitative estimate of drug-likeness (QED) is 0.470. The van der Waals surface area contributed by atoms with Crippen LogP contribution in [0.15, 0.2) is 60.2 Å². The molecule has 0 aliphatic carbocycles. The second kappa shape index (κ2) is 8.40. The number of aryl methyl sites for hydroxylation is 1. The number of carbonyl (C=O) groups is 2. The van der Waals surface area contributed by atoms with Gasteiger partial charge in [0.2, 0.25) is 0 Å². The summed E-state index contributed by atoms with van der Waals surface area (Å²) in [5.74, 6) is -1.44. The van der Waals surface area contributed by atoms with Crippen molar-refractivity contribution in [3.63, 3.8) is 0 Å². The van der Waals surface area contributed by atoms with Crippen molar-refractivity contribution in [1.29, 1.82) is 0 Å². The molecule has 1 atom stereocenters. The number of carbonyl (C=O) groups excluding carboxylic acids is 2. The zero-order valence-corrected chi connectivity index (χ0v) is 16.4. The summed E-state index contributed by atoms with van der Waals surface area (Å²) >= 11 is 0. The molecule has 1 fully saturated rings. The molecule has 2 aromatic rings. The molecular weight excluding hydrogens is 354 g/mol. The van der Waals surface area contributed by atoms with Crippen LogP contribution in [-0.4, -0.2) is 41.0 Å². The average Bonchev–Trinajstić information content (AvgIpc) is 2.93. The van der Waals surface area contributed by atoms with Gasteiger partial charge < -0.3 is 14.7 Å². The van der Waals surface area contributed by atoms with E-state index in [2.05, 4.69) is 0 Å². The molecule has 0 aromatic heterocycles. The molecule has 1 aliphatic heterocycles. The maximum absolute atomic E-state index is 12.8. The lowest BCUT2D eigenvalue weighted by atomic mass is 9.94. The van der Waals surface area contributed by atoms with Crippen LogP contribution in [0.2, 0.25) is 0 Å². The smallest absolute Gasteiger partial charge is 0.295 e. The van der Waals surface area contributed by atoms with Crippen LogP contribution in [0.5, 0.6) is 0 Å². The Balaban J connectivity index is 2.08. The number of aliphatic hydroxyl groups excluding tert-OH is 1. The number of rotatable bonds is 6. The van der Waals surface area contributed by atoms with Crippen molar-refractivity contribution in [2.75, 3.05) is 13.2 Å². The van der Waals surface area contributed by atoms with Gasteiger partial charge in [-0.05, 0) is 26.3 Å². The van der Waals surface area contributed by atoms with Gasteiger partial charge in [-0.15, -0.1) is 0 Å². The minimum atomic E-state index is -0.669. The van der Waals surface area contributed by atoms with E-state index in [1.165, 1.54) is 4.90 Å². The molecule has 0 bridgehead atoms. The Morgan fingerprint density at radius 1 is 1.11 bits per heavy atom. The standard InChI is InChI=1S/C23H25NO4/c1-15(2)28-13-12-24-20(18-11-7-8-16(3)14-18)19(22(26)23(24)27)21(25)17-9-5-4-6-10-17/h4-11,14-15,20,25H,12-13H2,1-3H3/b21-19-. The largest absolute Gasteiger partial charge is 0.507 e. The van der Waals surface area contributed by atoms with E-state index in [0.29, 0.717) is 12.2 Å². The number of amides is 1. The highest BCUT2D eigenvalue weighted by molar-refractivity contribution is 6.46. The molecule has 1 saturated heterocycles. The molecule has 3 rings (SSSR count). The molecular formula is C23H25NO4. The first kappa shape index (κ1) is 19.8. The highest BCUT2D eigenvalue weighted by Crippen LogP contribution is 2.39. The maximum atomic E-state index is 12.8. The topological polar surface area (TPSA) is 66.8 Å². The Labute approximate surface area is 165 Å². The van der Waals surface area contributed by atoms with Crippen molar-refractivity contribution < 1.29 is 19.4 Å². The van der Waals surface area contributed by atoms with Gasteiger partial charge in [-0.3, -0.25) is 9.59 Å². The fourth-order valence-corrected chi connectivity index (χ4v) is 3.44. The van der Waals surface area contributed by atoms with Crippen molar-refractivity contribution in [2.24, 2.45) is 0 Å². The Morgan fingerprint density at radius 3 is 2.46 bits per heavy atom. The predicted molar refractivity (Wildman–Crippen MR) is 108 cm³/mol. The number of nitrogens with zero attached hydrogens (tertiary/aromatic N) is 1. The van der Waals surface area contributed by atoms with Crippen LogP contribution in [0.3, 0.4) is 0 Å². The van der Waals surface area contributed by atoms with Crippen LogP contribution in [0.4, 0.5) is 0 Å². The molecule has 0 saturated carbocycles. The number of likely N-dealkylation sites (tertiary alicyclic amines) is 1. The van der Waals surface area contributed by atoms with Crippen molar-refractivity contribution in [2.45, 2.75) is 32.9 Å². The maximum Gasteiger partial charge on any atom is 0.295 e. The number of ketones is 1. The molecule has 1 N–H and O–H groups in total. The molecule has 1 amide bonds. The first-order valence-electron chi connectivity index (χ1n) is 9.42. The lowest BCUT2D eigenvalue weighted by molar-refractivity contribution is -0.140. The Morgan fingerprint density at radius 2 is 1.82 bits per heavy atom. The SMILES string of the molecule is Cc1cccc(C2/C(=C(/O)c3ccccc3)C(=O)C(=O)N2CCOC(C)C)c1. The summed E-state index contributed by atoms with van der Waals surface area (Å²) in [6.07, 6.45) is 0.0264. The molecule has 1 unspecified atom stereocenters. The van der Waals surface area contributed by atoms with E-state index in [9.17, 15) is 14.7 Å². The van der Waals surface area contributed by atoms with Crippen molar-refractivity contribution in [3.05, 3.63) is 76.9 Å². The van der Waals surface area contributed by atoms with Gasteiger partial charge in [0, 0.05) is 12.1 Å².